The smallest absolute Gasteiger partial charge is 0.238 e. The fraction of sp³-hybridized carbons (Fsp3) is 0.161. The van der Waals surface area contributed by atoms with E-state index in [9.17, 15) is 9.59 Å². The standard InChI is InChI=1S/C31H23Cl3N2O3S/c1-40-22-9-7-21(8-10-22)39-27-12-6-19(33)14-23(27)29-31(24-11-5-20(34)15-26(24)35-30(31)38)25(16-28(37)36-29)17-3-2-4-18(32)13-17/h2-15,25,29H,16H2,1H3,(H,35,38)(H,36,37)/t25-,29+,31-/m0/s1. The van der Waals surface area contributed by atoms with E-state index in [0.717, 1.165) is 16.0 Å². The molecular formula is C31H23Cl3N2O3S. The number of piperidine rings is 1. The number of carbonyl (C=O) groups is 2. The molecule has 4 aromatic rings. The Morgan fingerprint density at radius 2 is 1.60 bits per heavy atom. The minimum absolute atomic E-state index is 0.0826. The van der Waals surface area contributed by atoms with E-state index < -0.39 is 17.4 Å². The first-order valence-electron chi connectivity index (χ1n) is 12.6. The number of benzene rings is 4. The lowest BCUT2D eigenvalue weighted by molar-refractivity contribution is -0.131. The number of anilines is 1. The number of hydrogen-bond acceptors (Lipinski definition) is 4. The van der Waals surface area contributed by atoms with Crippen LogP contribution in [0.15, 0.2) is 89.8 Å². The van der Waals surface area contributed by atoms with E-state index in [2.05, 4.69) is 10.6 Å². The van der Waals surface area contributed by atoms with Crippen LogP contribution in [0.1, 0.15) is 35.1 Å². The number of halogens is 3. The molecule has 3 atom stereocenters. The lowest BCUT2D eigenvalue weighted by Gasteiger charge is -2.46. The molecule has 0 radical (unpaired) electrons. The molecule has 2 aliphatic heterocycles. The van der Waals surface area contributed by atoms with Crippen molar-refractivity contribution in [3.8, 4) is 11.5 Å². The summed E-state index contributed by atoms with van der Waals surface area (Å²) in [6, 6.07) is 24.8. The van der Waals surface area contributed by atoms with Crippen LogP contribution in [0.4, 0.5) is 5.69 Å². The van der Waals surface area contributed by atoms with Crippen molar-refractivity contribution >= 4 is 64.1 Å². The van der Waals surface area contributed by atoms with Gasteiger partial charge >= 0.3 is 0 Å². The largest absolute Gasteiger partial charge is 0.457 e. The van der Waals surface area contributed by atoms with Gasteiger partial charge in [0.2, 0.25) is 11.8 Å². The zero-order chi connectivity index (χ0) is 28.0. The van der Waals surface area contributed by atoms with Crippen molar-refractivity contribution in [1.29, 1.82) is 0 Å². The molecule has 0 aliphatic carbocycles. The van der Waals surface area contributed by atoms with Crippen LogP contribution in [0, 0.1) is 0 Å². The second-order valence-electron chi connectivity index (χ2n) is 9.79. The highest BCUT2D eigenvalue weighted by Gasteiger charge is 2.61. The molecule has 202 valence electrons. The summed E-state index contributed by atoms with van der Waals surface area (Å²) in [5, 5.41) is 7.63. The Labute approximate surface area is 251 Å². The van der Waals surface area contributed by atoms with Gasteiger partial charge in [-0.25, -0.2) is 0 Å². The second-order valence-corrected chi connectivity index (χ2v) is 12.0. The molecule has 0 saturated carbocycles. The molecule has 4 aromatic carbocycles. The lowest BCUT2D eigenvalue weighted by atomic mass is 9.59. The monoisotopic (exact) mass is 608 g/mol. The van der Waals surface area contributed by atoms with E-state index in [1.54, 1.807) is 48.2 Å². The number of carbonyl (C=O) groups excluding carboxylic acids is 2. The van der Waals surface area contributed by atoms with Crippen molar-refractivity contribution in [2.24, 2.45) is 0 Å². The maximum absolute atomic E-state index is 14.3. The minimum atomic E-state index is -1.25. The molecule has 0 bridgehead atoms. The normalized spacial score (nSPS) is 21.6. The zero-order valence-corrected chi connectivity index (χ0v) is 24.3. The summed E-state index contributed by atoms with van der Waals surface area (Å²) in [6.45, 7) is 0. The van der Waals surface area contributed by atoms with E-state index in [4.69, 9.17) is 39.5 Å². The molecule has 1 saturated heterocycles. The van der Waals surface area contributed by atoms with Gasteiger partial charge in [-0.3, -0.25) is 9.59 Å². The van der Waals surface area contributed by atoms with Crippen molar-refractivity contribution in [2.45, 2.75) is 28.7 Å². The van der Waals surface area contributed by atoms with Gasteiger partial charge in [0, 0.05) is 43.6 Å². The fourth-order valence-electron chi connectivity index (χ4n) is 5.88. The molecule has 0 aromatic heterocycles. The summed E-state index contributed by atoms with van der Waals surface area (Å²) < 4.78 is 6.36. The molecule has 5 nitrogen and oxygen atoms in total. The fourth-order valence-corrected chi connectivity index (χ4v) is 6.84. The van der Waals surface area contributed by atoms with E-state index >= 15 is 0 Å². The minimum Gasteiger partial charge on any atom is -0.457 e. The SMILES string of the molecule is CSc1ccc(Oc2ccc(Cl)cc2[C@H]2NC(=O)C[C@@H](c3cccc(Cl)c3)[C@]23C(=O)Nc2cc(Cl)ccc23)cc1. The summed E-state index contributed by atoms with van der Waals surface area (Å²) in [7, 11) is 0. The Balaban J connectivity index is 1.58. The van der Waals surface area contributed by atoms with Crippen LogP contribution in [0.3, 0.4) is 0 Å². The summed E-state index contributed by atoms with van der Waals surface area (Å²) in [5.41, 5.74) is 1.45. The molecule has 2 amide bonds. The Kier molecular flexibility index (Phi) is 7.21. The second kappa shape index (κ2) is 10.7. The highest BCUT2D eigenvalue weighted by molar-refractivity contribution is 7.98. The third kappa shape index (κ3) is 4.63. The molecule has 6 rings (SSSR count). The highest BCUT2D eigenvalue weighted by atomic mass is 35.5. The van der Waals surface area contributed by atoms with Crippen LogP contribution in [0.5, 0.6) is 11.5 Å². The van der Waals surface area contributed by atoms with Gasteiger partial charge in [-0.2, -0.15) is 0 Å². The maximum atomic E-state index is 14.3. The van der Waals surface area contributed by atoms with Gasteiger partial charge in [0.1, 0.15) is 16.9 Å². The topological polar surface area (TPSA) is 67.4 Å². The van der Waals surface area contributed by atoms with Crippen molar-refractivity contribution in [3.05, 3.63) is 117 Å². The predicted octanol–water partition coefficient (Wildman–Crippen LogP) is 8.40. The van der Waals surface area contributed by atoms with Crippen molar-refractivity contribution in [2.75, 3.05) is 11.6 Å². The number of nitrogens with one attached hydrogen (secondary N) is 2. The Hall–Kier alpha value is -3.16. The quantitative estimate of drug-likeness (QED) is 0.223. The van der Waals surface area contributed by atoms with Gasteiger partial charge in [-0.15, -0.1) is 11.8 Å². The number of ether oxygens (including phenoxy) is 1. The molecule has 2 heterocycles. The third-order valence-electron chi connectivity index (χ3n) is 7.57. The third-order valence-corrected chi connectivity index (χ3v) is 9.02. The van der Waals surface area contributed by atoms with Crippen molar-refractivity contribution in [3.63, 3.8) is 0 Å². The van der Waals surface area contributed by atoms with Crippen LogP contribution >= 0.6 is 46.6 Å². The molecule has 2 aliphatic rings. The van der Waals surface area contributed by atoms with Gasteiger partial charge in [0.05, 0.1) is 6.04 Å². The zero-order valence-electron chi connectivity index (χ0n) is 21.2. The maximum Gasteiger partial charge on any atom is 0.238 e. The first-order valence-corrected chi connectivity index (χ1v) is 14.9. The molecule has 9 heteroatoms. The number of thioether (sulfide) groups is 1. The van der Waals surface area contributed by atoms with Gasteiger partial charge < -0.3 is 15.4 Å². The van der Waals surface area contributed by atoms with E-state index in [0.29, 0.717) is 37.8 Å². The van der Waals surface area contributed by atoms with Crippen LogP contribution < -0.4 is 15.4 Å². The number of hydrogen-bond donors (Lipinski definition) is 2. The number of rotatable bonds is 5. The molecular weight excluding hydrogens is 587 g/mol. The molecule has 40 heavy (non-hydrogen) atoms. The van der Waals surface area contributed by atoms with Gasteiger partial charge in [-0.05, 0) is 84.1 Å². The summed E-state index contributed by atoms with van der Waals surface area (Å²) in [6.07, 6.45) is 2.09. The number of fused-ring (bicyclic) bond motifs is 2. The molecule has 1 fully saturated rings. The Morgan fingerprint density at radius 1 is 0.875 bits per heavy atom. The number of amides is 2. The first-order chi connectivity index (χ1) is 19.3. The lowest BCUT2D eigenvalue weighted by Crippen LogP contribution is -2.56. The van der Waals surface area contributed by atoms with Crippen LogP contribution in [-0.2, 0) is 15.0 Å². The van der Waals surface area contributed by atoms with E-state index in [-0.39, 0.29) is 18.2 Å². The van der Waals surface area contributed by atoms with Gasteiger partial charge in [0.15, 0.2) is 0 Å². The van der Waals surface area contributed by atoms with Crippen LogP contribution in [-0.4, -0.2) is 18.1 Å². The van der Waals surface area contributed by atoms with Crippen molar-refractivity contribution < 1.29 is 14.3 Å². The predicted molar refractivity (Wildman–Crippen MR) is 161 cm³/mol. The van der Waals surface area contributed by atoms with Crippen LogP contribution in [0.25, 0.3) is 0 Å². The van der Waals surface area contributed by atoms with E-state index in [1.165, 1.54) is 0 Å². The Bertz CT molecular complexity index is 1650. The summed E-state index contributed by atoms with van der Waals surface area (Å²) in [4.78, 5) is 28.8. The average molecular weight is 610 g/mol. The molecule has 0 unspecified atom stereocenters. The van der Waals surface area contributed by atoms with E-state index in [1.807, 2.05) is 54.8 Å². The average Bonchev–Trinajstić information content (AvgIpc) is 3.22. The molecule has 1 spiro atoms. The first kappa shape index (κ1) is 27.0. The van der Waals surface area contributed by atoms with Gasteiger partial charge in [-0.1, -0.05) is 53.0 Å². The van der Waals surface area contributed by atoms with Crippen LogP contribution in [0.2, 0.25) is 15.1 Å². The Morgan fingerprint density at radius 3 is 2.35 bits per heavy atom. The summed E-state index contributed by atoms with van der Waals surface area (Å²) in [5.74, 6) is 0.0982. The molecule has 2 N–H and O–H groups in total. The van der Waals surface area contributed by atoms with Crippen molar-refractivity contribution in [1.82, 2.24) is 5.32 Å². The van der Waals surface area contributed by atoms with Gasteiger partial charge in [0.25, 0.3) is 0 Å². The summed E-state index contributed by atoms with van der Waals surface area (Å²) >= 11 is 20.9. The highest BCUT2D eigenvalue weighted by Crippen LogP contribution is 2.58.